The number of halogens is 1. The van der Waals surface area contributed by atoms with Crippen LogP contribution in [0.1, 0.15) is 45.7 Å². The summed E-state index contributed by atoms with van der Waals surface area (Å²) in [5.74, 6) is 0.430. The molecule has 0 aliphatic carbocycles. The number of benzene rings is 1. The van der Waals surface area contributed by atoms with E-state index in [0.29, 0.717) is 21.9 Å². The van der Waals surface area contributed by atoms with Crippen LogP contribution in [0.15, 0.2) is 23.7 Å². The first-order valence-electron chi connectivity index (χ1n) is 7.95. The zero-order valence-corrected chi connectivity index (χ0v) is 16.6. The molecule has 1 saturated heterocycles. The molecule has 7 heteroatoms. The normalized spacial score (nSPS) is 18.9. The third-order valence-electron chi connectivity index (χ3n) is 4.46. The summed E-state index contributed by atoms with van der Waals surface area (Å²) in [6.07, 6.45) is 1.85. The van der Waals surface area contributed by atoms with E-state index in [1.54, 1.807) is 18.2 Å². The number of carbonyl (C=O) groups excluding carboxylic acids is 1. The Morgan fingerprint density at radius 1 is 1.32 bits per heavy atom. The van der Waals surface area contributed by atoms with Gasteiger partial charge in [0.15, 0.2) is 5.12 Å². The van der Waals surface area contributed by atoms with E-state index in [-0.39, 0.29) is 5.12 Å². The van der Waals surface area contributed by atoms with Gasteiger partial charge in [0.1, 0.15) is 0 Å². The molecule has 0 atom stereocenters. The predicted molar refractivity (Wildman–Crippen MR) is 103 cm³/mol. The molecule has 1 aromatic carbocycles. The van der Waals surface area contributed by atoms with Crippen molar-refractivity contribution in [1.82, 2.24) is 0 Å². The van der Waals surface area contributed by atoms with Crippen LogP contribution in [-0.2, 0) is 14.1 Å². The molecular weight excluding hydrogens is 357 g/mol. The van der Waals surface area contributed by atoms with Crippen molar-refractivity contribution >= 4 is 41.7 Å². The van der Waals surface area contributed by atoms with Crippen molar-refractivity contribution < 1.29 is 14.1 Å². The summed E-state index contributed by atoms with van der Waals surface area (Å²) in [5, 5.41) is 9.64. The largest absolute Gasteiger partial charge is 0.491 e. The SMILES string of the molecule is CC(=O)SCC(=Cc1cc(C#N)ccc1Cl)B1OC(C)(C)C(C)(C)O1. The number of nitriles is 1. The van der Waals surface area contributed by atoms with Crippen LogP contribution < -0.4 is 0 Å². The summed E-state index contributed by atoms with van der Waals surface area (Å²) in [7, 11) is -0.571. The van der Waals surface area contributed by atoms with Crippen LogP contribution in [0, 0.1) is 11.3 Å². The van der Waals surface area contributed by atoms with Gasteiger partial charge < -0.3 is 9.31 Å². The van der Waals surface area contributed by atoms with E-state index in [4.69, 9.17) is 26.2 Å². The minimum Gasteiger partial charge on any atom is -0.400 e. The van der Waals surface area contributed by atoms with E-state index in [9.17, 15) is 4.79 Å². The fourth-order valence-electron chi connectivity index (χ4n) is 2.28. The molecule has 0 bridgehead atoms. The molecule has 1 aliphatic heterocycles. The molecule has 0 amide bonds. The molecule has 0 spiro atoms. The van der Waals surface area contributed by atoms with Gasteiger partial charge in [-0.15, -0.1) is 0 Å². The lowest BCUT2D eigenvalue weighted by Gasteiger charge is -2.32. The highest BCUT2D eigenvalue weighted by Crippen LogP contribution is 2.39. The highest BCUT2D eigenvalue weighted by atomic mass is 35.5. The molecule has 0 unspecified atom stereocenters. The number of thioether (sulfide) groups is 1. The van der Waals surface area contributed by atoms with Gasteiger partial charge in [0, 0.05) is 17.7 Å². The Kier molecular flexibility index (Phi) is 6.06. The zero-order chi connectivity index (χ0) is 18.8. The van der Waals surface area contributed by atoms with Gasteiger partial charge in [0.25, 0.3) is 0 Å². The fourth-order valence-corrected chi connectivity index (χ4v) is 3.04. The molecule has 1 aliphatic rings. The number of hydrogen-bond donors (Lipinski definition) is 0. The van der Waals surface area contributed by atoms with Crippen LogP contribution in [0.25, 0.3) is 6.08 Å². The predicted octanol–water partition coefficient (Wildman–Crippen LogP) is 4.51. The maximum Gasteiger partial charge on any atom is 0.491 e. The van der Waals surface area contributed by atoms with Crippen LogP contribution in [0.3, 0.4) is 0 Å². The first-order chi connectivity index (χ1) is 11.6. The van der Waals surface area contributed by atoms with Gasteiger partial charge in [0.2, 0.25) is 0 Å². The topological polar surface area (TPSA) is 59.3 Å². The third-order valence-corrected chi connectivity index (χ3v) is 5.69. The van der Waals surface area contributed by atoms with E-state index in [1.165, 1.54) is 18.7 Å². The quantitative estimate of drug-likeness (QED) is 0.723. The van der Waals surface area contributed by atoms with Crippen molar-refractivity contribution in [2.45, 2.75) is 45.8 Å². The van der Waals surface area contributed by atoms with Crippen LogP contribution in [0.2, 0.25) is 5.02 Å². The smallest absolute Gasteiger partial charge is 0.400 e. The van der Waals surface area contributed by atoms with Crippen LogP contribution in [-0.4, -0.2) is 29.2 Å². The molecular formula is C18H21BClNO3S. The Balaban J connectivity index is 2.40. The summed E-state index contributed by atoms with van der Waals surface area (Å²) in [6.45, 7) is 9.44. The molecule has 132 valence electrons. The molecule has 1 fully saturated rings. The maximum absolute atomic E-state index is 11.4. The second-order valence-corrected chi connectivity index (χ2v) is 8.50. The van der Waals surface area contributed by atoms with Gasteiger partial charge in [-0.1, -0.05) is 29.4 Å². The Morgan fingerprint density at radius 2 is 1.92 bits per heavy atom. The molecule has 0 saturated carbocycles. The summed E-state index contributed by atoms with van der Waals surface area (Å²) in [4.78, 5) is 11.4. The van der Waals surface area contributed by atoms with Crippen molar-refractivity contribution in [1.29, 1.82) is 5.26 Å². The average Bonchev–Trinajstić information content (AvgIpc) is 2.73. The fraction of sp³-hybridized carbons (Fsp3) is 0.444. The Bertz CT molecular complexity index is 739. The van der Waals surface area contributed by atoms with Crippen molar-refractivity contribution in [3.63, 3.8) is 0 Å². The summed E-state index contributed by atoms with van der Waals surface area (Å²) in [6, 6.07) is 7.17. The minimum absolute atomic E-state index is 0.0132. The third kappa shape index (κ3) is 4.68. The van der Waals surface area contributed by atoms with Crippen LogP contribution >= 0.6 is 23.4 Å². The lowest BCUT2D eigenvalue weighted by molar-refractivity contribution is -0.109. The van der Waals surface area contributed by atoms with Crippen molar-refractivity contribution in [3.8, 4) is 6.07 Å². The van der Waals surface area contributed by atoms with Gasteiger partial charge in [-0.25, -0.2) is 0 Å². The summed E-state index contributed by atoms with van der Waals surface area (Å²) >= 11 is 7.46. The Hall–Kier alpha value is -1.26. The molecule has 2 rings (SSSR count). The molecule has 25 heavy (non-hydrogen) atoms. The highest BCUT2D eigenvalue weighted by molar-refractivity contribution is 8.13. The molecule has 4 nitrogen and oxygen atoms in total. The Labute approximate surface area is 158 Å². The standard InChI is InChI=1S/C18H21BClNO3S/c1-12(22)25-11-15(19-23-17(2,3)18(4,5)24-19)9-14-8-13(10-21)6-7-16(14)20/h6-9H,11H2,1-5H3. The molecule has 1 heterocycles. The van der Waals surface area contributed by atoms with Gasteiger partial charge in [-0.3, -0.25) is 4.79 Å². The molecule has 0 aromatic heterocycles. The average molecular weight is 378 g/mol. The van der Waals surface area contributed by atoms with Gasteiger partial charge in [-0.05, 0) is 56.9 Å². The van der Waals surface area contributed by atoms with Crippen LogP contribution in [0.4, 0.5) is 0 Å². The maximum atomic E-state index is 11.4. The second kappa shape index (κ2) is 7.55. The van der Waals surface area contributed by atoms with E-state index in [1.807, 2.05) is 33.8 Å². The first-order valence-corrected chi connectivity index (χ1v) is 9.31. The lowest BCUT2D eigenvalue weighted by atomic mass is 9.78. The molecule has 0 radical (unpaired) electrons. The van der Waals surface area contributed by atoms with E-state index >= 15 is 0 Å². The molecule has 1 aromatic rings. The number of rotatable bonds is 4. The van der Waals surface area contributed by atoms with E-state index in [2.05, 4.69) is 6.07 Å². The molecule has 0 N–H and O–H groups in total. The lowest BCUT2D eigenvalue weighted by Crippen LogP contribution is -2.41. The van der Waals surface area contributed by atoms with E-state index < -0.39 is 18.3 Å². The van der Waals surface area contributed by atoms with Crippen molar-refractivity contribution in [3.05, 3.63) is 39.8 Å². The monoisotopic (exact) mass is 377 g/mol. The van der Waals surface area contributed by atoms with Gasteiger partial charge >= 0.3 is 7.12 Å². The summed E-state index contributed by atoms with van der Waals surface area (Å²) < 4.78 is 12.2. The number of carbonyl (C=O) groups is 1. The number of hydrogen-bond acceptors (Lipinski definition) is 5. The van der Waals surface area contributed by atoms with Gasteiger partial charge in [0.05, 0.1) is 22.8 Å². The van der Waals surface area contributed by atoms with E-state index in [0.717, 1.165) is 5.47 Å². The second-order valence-electron chi connectivity index (χ2n) is 6.94. The highest BCUT2D eigenvalue weighted by Gasteiger charge is 2.52. The van der Waals surface area contributed by atoms with Crippen molar-refractivity contribution in [2.75, 3.05) is 5.75 Å². The Morgan fingerprint density at radius 3 is 2.44 bits per heavy atom. The first kappa shape index (κ1) is 20.1. The number of nitrogens with zero attached hydrogens (tertiary/aromatic N) is 1. The van der Waals surface area contributed by atoms with Crippen LogP contribution in [0.5, 0.6) is 0 Å². The van der Waals surface area contributed by atoms with Gasteiger partial charge in [-0.2, -0.15) is 5.26 Å². The zero-order valence-electron chi connectivity index (χ0n) is 15.1. The minimum atomic E-state index is -0.571. The summed E-state index contributed by atoms with van der Waals surface area (Å²) in [5.41, 5.74) is 1.07. The van der Waals surface area contributed by atoms with Crippen molar-refractivity contribution in [2.24, 2.45) is 0 Å².